The standard InChI is InChI=1S/C14H17ClN2O4/c1-9-6-16(8-12(9)14(18)21-2)7-10-3-4-11(15)5-13(10)17(19)20/h3-5,9,12H,6-8H2,1-2H3. The van der Waals surface area contributed by atoms with Crippen molar-refractivity contribution in [2.45, 2.75) is 13.5 Å². The normalized spacial score (nSPS) is 22.2. The number of hydrogen-bond acceptors (Lipinski definition) is 5. The van der Waals surface area contributed by atoms with Gasteiger partial charge in [0.05, 0.1) is 18.0 Å². The van der Waals surface area contributed by atoms with E-state index in [4.69, 9.17) is 16.3 Å². The van der Waals surface area contributed by atoms with Crippen LogP contribution in [-0.2, 0) is 16.1 Å². The van der Waals surface area contributed by atoms with E-state index in [2.05, 4.69) is 0 Å². The third kappa shape index (κ3) is 3.51. The summed E-state index contributed by atoms with van der Waals surface area (Å²) in [7, 11) is 1.38. The smallest absolute Gasteiger partial charge is 0.310 e. The number of nitro groups is 1. The third-order valence-corrected chi connectivity index (χ3v) is 4.06. The Kier molecular flexibility index (Phi) is 4.80. The fourth-order valence-electron chi connectivity index (χ4n) is 2.74. The summed E-state index contributed by atoms with van der Waals surface area (Å²) >= 11 is 5.80. The van der Waals surface area contributed by atoms with Gasteiger partial charge in [-0.15, -0.1) is 0 Å². The Morgan fingerprint density at radius 3 is 2.86 bits per heavy atom. The molecule has 114 valence electrons. The van der Waals surface area contributed by atoms with Crippen LogP contribution in [0.2, 0.25) is 5.02 Å². The van der Waals surface area contributed by atoms with Gasteiger partial charge in [0.25, 0.3) is 5.69 Å². The molecule has 1 aromatic rings. The summed E-state index contributed by atoms with van der Waals surface area (Å²) in [6.45, 7) is 3.66. The van der Waals surface area contributed by atoms with E-state index in [0.717, 1.165) is 0 Å². The van der Waals surface area contributed by atoms with Crippen LogP contribution in [0.1, 0.15) is 12.5 Å². The van der Waals surface area contributed by atoms with Crippen molar-refractivity contribution in [1.29, 1.82) is 0 Å². The van der Waals surface area contributed by atoms with Crippen LogP contribution >= 0.6 is 11.6 Å². The number of methoxy groups -OCH3 is 1. The second-order valence-corrected chi connectivity index (χ2v) is 5.77. The maximum Gasteiger partial charge on any atom is 0.310 e. The number of halogens is 1. The molecule has 1 aliphatic heterocycles. The van der Waals surface area contributed by atoms with Crippen LogP contribution in [0.5, 0.6) is 0 Å². The summed E-state index contributed by atoms with van der Waals surface area (Å²) in [5, 5.41) is 11.4. The number of likely N-dealkylation sites (tertiary alicyclic amines) is 1. The topological polar surface area (TPSA) is 72.7 Å². The van der Waals surface area contributed by atoms with E-state index in [1.54, 1.807) is 12.1 Å². The van der Waals surface area contributed by atoms with Gasteiger partial charge in [-0.3, -0.25) is 19.8 Å². The molecule has 0 radical (unpaired) electrons. The Morgan fingerprint density at radius 2 is 2.24 bits per heavy atom. The summed E-state index contributed by atoms with van der Waals surface area (Å²) in [6.07, 6.45) is 0. The number of nitro benzene ring substituents is 1. The van der Waals surface area contributed by atoms with Crippen molar-refractivity contribution < 1.29 is 14.5 Å². The molecular formula is C14H17ClN2O4. The monoisotopic (exact) mass is 312 g/mol. The highest BCUT2D eigenvalue weighted by atomic mass is 35.5. The quantitative estimate of drug-likeness (QED) is 0.485. The predicted molar refractivity (Wildman–Crippen MR) is 78.1 cm³/mol. The van der Waals surface area contributed by atoms with Gasteiger partial charge in [0, 0.05) is 36.3 Å². The Hall–Kier alpha value is -1.66. The minimum Gasteiger partial charge on any atom is -0.469 e. The number of hydrogen-bond donors (Lipinski definition) is 0. The van der Waals surface area contributed by atoms with Crippen LogP contribution in [-0.4, -0.2) is 36.0 Å². The van der Waals surface area contributed by atoms with E-state index in [-0.39, 0.29) is 23.5 Å². The van der Waals surface area contributed by atoms with E-state index in [0.29, 0.717) is 30.2 Å². The van der Waals surface area contributed by atoms with Gasteiger partial charge in [0.15, 0.2) is 0 Å². The number of carbonyl (C=O) groups is 1. The van der Waals surface area contributed by atoms with Crippen molar-refractivity contribution in [3.63, 3.8) is 0 Å². The molecule has 21 heavy (non-hydrogen) atoms. The lowest BCUT2D eigenvalue weighted by molar-refractivity contribution is -0.385. The zero-order valence-corrected chi connectivity index (χ0v) is 12.7. The molecule has 1 aliphatic rings. The van der Waals surface area contributed by atoms with Gasteiger partial charge < -0.3 is 4.74 Å². The van der Waals surface area contributed by atoms with Gasteiger partial charge in [-0.05, 0) is 18.1 Å². The molecule has 0 aliphatic carbocycles. The maximum absolute atomic E-state index is 11.7. The molecule has 1 fully saturated rings. The molecule has 0 spiro atoms. The Bertz CT molecular complexity index is 564. The van der Waals surface area contributed by atoms with Crippen molar-refractivity contribution in [2.24, 2.45) is 11.8 Å². The lowest BCUT2D eigenvalue weighted by atomic mass is 9.99. The first-order valence-corrected chi connectivity index (χ1v) is 7.03. The number of carbonyl (C=O) groups excluding carboxylic acids is 1. The summed E-state index contributed by atoms with van der Waals surface area (Å²) < 4.78 is 4.79. The van der Waals surface area contributed by atoms with Crippen LogP contribution in [0.25, 0.3) is 0 Å². The summed E-state index contributed by atoms with van der Waals surface area (Å²) in [5.41, 5.74) is 0.610. The Morgan fingerprint density at radius 1 is 1.52 bits per heavy atom. The van der Waals surface area contributed by atoms with E-state index >= 15 is 0 Å². The minimum absolute atomic E-state index is 0.0108. The van der Waals surface area contributed by atoms with E-state index < -0.39 is 4.92 Å². The number of rotatable bonds is 4. The summed E-state index contributed by atoms with van der Waals surface area (Å²) in [4.78, 5) is 24.4. The number of esters is 1. The first kappa shape index (κ1) is 15.7. The van der Waals surface area contributed by atoms with Crippen LogP contribution in [0.4, 0.5) is 5.69 Å². The zero-order chi connectivity index (χ0) is 15.6. The molecule has 0 bridgehead atoms. The molecule has 6 nitrogen and oxygen atoms in total. The Balaban J connectivity index is 2.13. The van der Waals surface area contributed by atoms with Crippen molar-refractivity contribution >= 4 is 23.3 Å². The number of benzene rings is 1. The lowest BCUT2D eigenvalue weighted by Gasteiger charge is -2.15. The van der Waals surface area contributed by atoms with Crippen molar-refractivity contribution in [3.05, 3.63) is 38.9 Å². The summed E-state index contributed by atoms with van der Waals surface area (Å²) in [5.74, 6) is -0.235. The third-order valence-electron chi connectivity index (χ3n) is 3.83. The second kappa shape index (κ2) is 6.41. The molecule has 7 heteroatoms. The molecule has 0 amide bonds. The highest BCUT2D eigenvalue weighted by Crippen LogP contribution is 2.29. The first-order valence-electron chi connectivity index (χ1n) is 6.65. The average Bonchev–Trinajstić information content (AvgIpc) is 2.80. The fraction of sp³-hybridized carbons (Fsp3) is 0.500. The number of ether oxygens (including phenoxy) is 1. The fourth-order valence-corrected chi connectivity index (χ4v) is 2.90. The molecular weight excluding hydrogens is 296 g/mol. The first-order chi connectivity index (χ1) is 9.92. The van der Waals surface area contributed by atoms with Gasteiger partial charge >= 0.3 is 5.97 Å². The zero-order valence-electron chi connectivity index (χ0n) is 11.9. The van der Waals surface area contributed by atoms with Crippen LogP contribution < -0.4 is 0 Å². The largest absolute Gasteiger partial charge is 0.469 e. The van der Waals surface area contributed by atoms with Gasteiger partial charge in [0.2, 0.25) is 0 Å². The lowest BCUT2D eigenvalue weighted by Crippen LogP contribution is -2.24. The second-order valence-electron chi connectivity index (χ2n) is 5.33. The molecule has 2 atom stereocenters. The van der Waals surface area contributed by atoms with E-state index in [1.165, 1.54) is 13.2 Å². The van der Waals surface area contributed by atoms with Gasteiger partial charge in [0.1, 0.15) is 0 Å². The van der Waals surface area contributed by atoms with Crippen LogP contribution in [0.3, 0.4) is 0 Å². The molecule has 0 aromatic heterocycles. The predicted octanol–water partition coefficient (Wildman–Crippen LogP) is 2.49. The van der Waals surface area contributed by atoms with E-state index in [1.807, 2.05) is 11.8 Å². The molecule has 1 aromatic carbocycles. The Labute approximate surface area is 127 Å². The van der Waals surface area contributed by atoms with Crippen molar-refractivity contribution in [2.75, 3.05) is 20.2 Å². The highest BCUT2D eigenvalue weighted by Gasteiger charge is 2.36. The molecule has 0 saturated carbocycles. The maximum atomic E-state index is 11.7. The molecule has 2 rings (SSSR count). The minimum atomic E-state index is -0.432. The van der Waals surface area contributed by atoms with Gasteiger partial charge in [-0.2, -0.15) is 0 Å². The molecule has 1 saturated heterocycles. The SMILES string of the molecule is COC(=O)C1CN(Cc2ccc(Cl)cc2[N+](=O)[O-])CC1C. The average molecular weight is 313 g/mol. The molecule has 1 heterocycles. The highest BCUT2D eigenvalue weighted by molar-refractivity contribution is 6.30. The van der Waals surface area contributed by atoms with E-state index in [9.17, 15) is 14.9 Å². The molecule has 0 N–H and O–H groups in total. The molecule has 2 unspecified atom stereocenters. The van der Waals surface area contributed by atoms with Crippen LogP contribution in [0, 0.1) is 22.0 Å². The van der Waals surface area contributed by atoms with Gasteiger partial charge in [-0.25, -0.2) is 0 Å². The summed E-state index contributed by atoms with van der Waals surface area (Å²) in [6, 6.07) is 4.66. The van der Waals surface area contributed by atoms with Crippen molar-refractivity contribution in [3.8, 4) is 0 Å². The van der Waals surface area contributed by atoms with Gasteiger partial charge in [-0.1, -0.05) is 18.5 Å². The van der Waals surface area contributed by atoms with Crippen molar-refractivity contribution in [1.82, 2.24) is 4.90 Å². The number of nitrogens with zero attached hydrogens (tertiary/aromatic N) is 2. The van der Waals surface area contributed by atoms with Crippen LogP contribution in [0.15, 0.2) is 18.2 Å².